The Morgan fingerprint density at radius 2 is 1.74 bits per heavy atom. The fourth-order valence-corrected chi connectivity index (χ4v) is 7.14. The van der Waals surface area contributed by atoms with Crippen LogP contribution < -0.4 is 11.1 Å². The van der Waals surface area contributed by atoms with Crippen molar-refractivity contribution in [3.63, 3.8) is 0 Å². The molecule has 1 aromatic rings. The Labute approximate surface area is 220 Å². The van der Waals surface area contributed by atoms with Gasteiger partial charge in [0.05, 0.1) is 11.5 Å². The minimum absolute atomic E-state index is 0.0414. The van der Waals surface area contributed by atoms with Crippen LogP contribution in [0.2, 0.25) is 0 Å². The number of carbonyl (C=O) groups is 6. The van der Waals surface area contributed by atoms with Crippen molar-refractivity contribution in [2.75, 3.05) is 6.54 Å². The number of amides is 2. The highest BCUT2D eigenvalue weighted by atomic mass is 16.3. The Balaban J connectivity index is 2.00. The summed E-state index contributed by atoms with van der Waals surface area (Å²) < 4.78 is 0. The van der Waals surface area contributed by atoms with Crippen LogP contribution in [0.4, 0.5) is 0 Å². The van der Waals surface area contributed by atoms with Crippen molar-refractivity contribution >= 4 is 34.9 Å². The Bertz CT molecular complexity index is 1280. The van der Waals surface area contributed by atoms with E-state index in [1.165, 1.54) is 13.0 Å². The molecule has 0 spiro atoms. The summed E-state index contributed by atoms with van der Waals surface area (Å²) in [6.45, 7) is 8.38. The summed E-state index contributed by atoms with van der Waals surface area (Å²) in [4.78, 5) is 79.3. The summed E-state index contributed by atoms with van der Waals surface area (Å²) in [6, 6.07) is 3.08. The normalized spacial score (nSPS) is 32.6. The van der Waals surface area contributed by atoms with Gasteiger partial charge in [0.15, 0.2) is 34.7 Å². The molecule has 1 aromatic carbocycles. The third kappa shape index (κ3) is 3.72. The molecule has 0 aromatic heterocycles. The fraction of sp³-hybridized carbons (Fsp3) is 0.571. The topological polar surface area (TPSA) is 181 Å². The second-order valence-corrected chi connectivity index (χ2v) is 11.7. The fourth-order valence-electron chi connectivity index (χ4n) is 7.14. The molecular formula is C28H34N2O8. The average Bonchev–Trinajstić information content (AvgIpc) is 2.79. The van der Waals surface area contributed by atoms with E-state index in [0.717, 1.165) is 5.56 Å². The lowest BCUT2D eigenvalue weighted by Gasteiger charge is -2.57. The first-order valence-corrected chi connectivity index (χ1v) is 12.9. The van der Waals surface area contributed by atoms with Crippen molar-refractivity contribution in [3.05, 3.63) is 28.8 Å². The number of phenolic OH excluding ortho intramolecular Hbond substituents is 1. The third-order valence-corrected chi connectivity index (χ3v) is 8.78. The van der Waals surface area contributed by atoms with Gasteiger partial charge in [0, 0.05) is 30.7 Å². The largest absolute Gasteiger partial charge is 0.507 e. The number of rotatable bonds is 5. The molecule has 0 aliphatic heterocycles. The molecule has 0 bridgehead atoms. The summed E-state index contributed by atoms with van der Waals surface area (Å²) in [5.74, 6) is -12.4. The monoisotopic (exact) mass is 526 g/mol. The Hall–Kier alpha value is -3.40. The van der Waals surface area contributed by atoms with Crippen molar-refractivity contribution in [2.24, 2.45) is 40.7 Å². The highest BCUT2D eigenvalue weighted by Gasteiger charge is 2.72. The van der Waals surface area contributed by atoms with Gasteiger partial charge >= 0.3 is 0 Å². The number of aliphatic hydroxyl groups is 1. The van der Waals surface area contributed by atoms with Gasteiger partial charge in [-0.1, -0.05) is 33.8 Å². The van der Waals surface area contributed by atoms with Crippen LogP contribution in [0.15, 0.2) is 12.1 Å². The number of hydrogen-bond acceptors (Lipinski definition) is 8. The number of benzene rings is 1. The van der Waals surface area contributed by atoms with Crippen LogP contribution in [0.25, 0.3) is 0 Å². The maximum absolute atomic E-state index is 14.2. The van der Waals surface area contributed by atoms with Gasteiger partial charge in [-0.05, 0) is 41.9 Å². The molecule has 2 fully saturated rings. The lowest BCUT2D eigenvalue weighted by atomic mass is 9.45. The number of aromatic hydroxyl groups is 1. The van der Waals surface area contributed by atoms with E-state index < -0.39 is 75.6 Å². The zero-order chi connectivity index (χ0) is 28.5. The molecule has 0 radical (unpaired) electrons. The molecule has 2 saturated carbocycles. The van der Waals surface area contributed by atoms with Crippen LogP contribution in [0, 0.1) is 35.0 Å². The van der Waals surface area contributed by atoms with Crippen LogP contribution in [0.1, 0.15) is 68.4 Å². The SMILES string of the molecule is CC(=O)NCC12Cc3c(C(C)C)ccc(O)c3C(=O)C1C(=O)C1(O)C(=O)C(C(N)=O)C(=O)C(C(C)C)C1C2. The molecule has 204 valence electrons. The van der Waals surface area contributed by atoms with E-state index in [9.17, 15) is 39.0 Å². The molecule has 10 heteroatoms. The number of phenols is 1. The van der Waals surface area contributed by atoms with E-state index in [1.807, 2.05) is 13.8 Å². The number of fused-ring (bicyclic) bond motifs is 3. The number of ketones is 4. The Kier molecular flexibility index (Phi) is 6.63. The van der Waals surface area contributed by atoms with Crippen LogP contribution >= 0.6 is 0 Å². The lowest BCUT2D eigenvalue weighted by molar-refractivity contribution is -0.187. The van der Waals surface area contributed by atoms with Gasteiger partial charge < -0.3 is 21.3 Å². The predicted molar refractivity (Wildman–Crippen MR) is 134 cm³/mol. The van der Waals surface area contributed by atoms with Gasteiger partial charge in [-0.3, -0.25) is 28.8 Å². The first-order chi connectivity index (χ1) is 17.6. The maximum Gasteiger partial charge on any atom is 0.235 e. The molecule has 3 aliphatic carbocycles. The Morgan fingerprint density at radius 3 is 2.26 bits per heavy atom. The smallest absolute Gasteiger partial charge is 0.235 e. The highest BCUT2D eigenvalue weighted by Crippen LogP contribution is 2.58. The van der Waals surface area contributed by atoms with Crippen LogP contribution in [-0.2, 0) is 30.4 Å². The first kappa shape index (κ1) is 27.6. The molecule has 2 amide bonds. The molecule has 6 unspecified atom stereocenters. The molecule has 3 aliphatic rings. The van der Waals surface area contributed by atoms with Gasteiger partial charge in [-0.25, -0.2) is 0 Å². The summed E-state index contributed by atoms with van der Waals surface area (Å²) in [6.07, 6.45) is -0.0317. The van der Waals surface area contributed by atoms with Gasteiger partial charge in [-0.2, -0.15) is 0 Å². The van der Waals surface area contributed by atoms with E-state index in [4.69, 9.17) is 5.73 Å². The predicted octanol–water partition coefficient (Wildman–Crippen LogP) is 0.839. The van der Waals surface area contributed by atoms with Gasteiger partial charge in [-0.15, -0.1) is 0 Å². The standard InChI is InChI=1S/C28H34N2O8/c1-11(2)14-6-7-17(32)19-15(14)8-27(10-30-13(5)31)9-16-18(12(3)4)22(33)20(26(29)37)24(35)28(16,38)25(36)21(27)23(19)34/h6-7,11-12,16,18,20-21,32,38H,8-10H2,1-5H3,(H2,29,37)(H,30,31). The third-order valence-electron chi connectivity index (χ3n) is 8.78. The summed E-state index contributed by atoms with van der Waals surface area (Å²) in [5.41, 5.74) is 2.56. The molecule has 38 heavy (non-hydrogen) atoms. The van der Waals surface area contributed by atoms with Crippen LogP contribution in [0.3, 0.4) is 0 Å². The zero-order valence-corrected chi connectivity index (χ0v) is 22.2. The number of Topliss-reactive ketones (excluding diaryl/α,β-unsaturated/α-hetero) is 4. The van der Waals surface area contributed by atoms with Gasteiger partial charge in [0.1, 0.15) is 5.75 Å². The zero-order valence-electron chi connectivity index (χ0n) is 22.2. The lowest BCUT2D eigenvalue weighted by Crippen LogP contribution is -2.74. The molecule has 4 rings (SSSR count). The number of nitrogens with two attached hydrogens (primary N) is 1. The van der Waals surface area contributed by atoms with Gasteiger partial charge in [0.25, 0.3) is 0 Å². The van der Waals surface area contributed by atoms with E-state index in [-0.39, 0.29) is 36.6 Å². The molecule has 0 saturated heterocycles. The van der Waals surface area contributed by atoms with Gasteiger partial charge in [0.2, 0.25) is 11.8 Å². The van der Waals surface area contributed by atoms with E-state index in [2.05, 4.69) is 5.32 Å². The average molecular weight is 527 g/mol. The van der Waals surface area contributed by atoms with Crippen molar-refractivity contribution < 1.29 is 39.0 Å². The first-order valence-electron chi connectivity index (χ1n) is 12.9. The van der Waals surface area contributed by atoms with Crippen molar-refractivity contribution in [2.45, 2.75) is 59.0 Å². The van der Waals surface area contributed by atoms with E-state index >= 15 is 0 Å². The Morgan fingerprint density at radius 1 is 1.11 bits per heavy atom. The van der Waals surface area contributed by atoms with Crippen molar-refractivity contribution in [1.82, 2.24) is 5.32 Å². The molecular weight excluding hydrogens is 492 g/mol. The molecule has 10 nitrogen and oxygen atoms in total. The number of hydrogen-bond donors (Lipinski definition) is 4. The minimum Gasteiger partial charge on any atom is -0.507 e. The summed E-state index contributed by atoms with van der Waals surface area (Å²) >= 11 is 0. The van der Waals surface area contributed by atoms with Crippen molar-refractivity contribution in [3.8, 4) is 5.75 Å². The quantitative estimate of drug-likeness (QED) is 0.407. The molecule has 5 N–H and O–H groups in total. The molecule has 6 atom stereocenters. The second-order valence-electron chi connectivity index (χ2n) is 11.7. The van der Waals surface area contributed by atoms with Crippen molar-refractivity contribution in [1.29, 1.82) is 0 Å². The van der Waals surface area contributed by atoms with Crippen LogP contribution in [-0.4, -0.2) is 57.3 Å². The molecule has 0 heterocycles. The van der Waals surface area contributed by atoms with Crippen LogP contribution in [0.5, 0.6) is 5.75 Å². The number of primary amides is 1. The second kappa shape index (κ2) is 9.11. The van der Waals surface area contributed by atoms with E-state index in [0.29, 0.717) is 5.56 Å². The number of nitrogens with one attached hydrogen (secondary N) is 1. The van der Waals surface area contributed by atoms with E-state index in [1.54, 1.807) is 19.9 Å². The summed E-state index contributed by atoms with van der Waals surface area (Å²) in [7, 11) is 0. The maximum atomic E-state index is 14.2. The number of carbonyl (C=O) groups excluding carboxylic acids is 6. The summed E-state index contributed by atoms with van der Waals surface area (Å²) in [5, 5.41) is 25.2. The highest BCUT2D eigenvalue weighted by molar-refractivity contribution is 6.32. The minimum atomic E-state index is -2.80.